The Kier molecular flexibility index (Phi) is 3.89. The Bertz CT molecular complexity index is 623. The SMILES string of the molecule is COc1ccc(N)c(S(=O)(=O)C(C)C(=O)NC2CC2)c1. The first-order valence-electron chi connectivity index (χ1n) is 6.34. The van der Waals surface area contributed by atoms with E-state index in [1.807, 2.05) is 0 Å². The molecule has 1 aromatic rings. The summed E-state index contributed by atoms with van der Waals surface area (Å²) >= 11 is 0. The van der Waals surface area contributed by atoms with Crippen molar-refractivity contribution in [2.75, 3.05) is 12.8 Å². The quantitative estimate of drug-likeness (QED) is 0.780. The highest BCUT2D eigenvalue weighted by atomic mass is 32.2. The lowest BCUT2D eigenvalue weighted by Crippen LogP contribution is -2.39. The maximum atomic E-state index is 12.5. The second kappa shape index (κ2) is 5.32. The Labute approximate surface area is 118 Å². The standard InChI is InChI=1S/C13H18N2O4S/c1-8(13(16)15-9-3-4-9)20(17,18)12-7-10(19-2)5-6-11(12)14/h5-9H,3-4,14H2,1-2H3,(H,15,16). The fraction of sp³-hybridized carbons (Fsp3) is 0.462. The van der Waals surface area contributed by atoms with Crippen LogP contribution in [0.3, 0.4) is 0 Å². The van der Waals surface area contributed by atoms with Crippen LogP contribution in [0.25, 0.3) is 0 Å². The number of rotatable bonds is 5. The van der Waals surface area contributed by atoms with Gasteiger partial charge in [0.2, 0.25) is 5.91 Å². The van der Waals surface area contributed by atoms with Crippen LogP contribution in [0.4, 0.5) is 5.69 Å². The van der Waals surface area contributed by atoms with Crippen molar-refractivity contribution in [2.45, 2.75) is 36.0 Å². The Hall–Kier alpha value is -1.76. The number of ether oxygens (including phenoxy) is 1. The largest absolute Gasteiger partial charge is 0.497 e. The summed E-state index contributed by atoms with van der Waals surface area (Å²) in [5, 5.41) is 1.50. The van der Waals surface area contributed by atoms with Gasteiger partial charge < -0.3 is 15.8 Å². The molecule has 0 heterocycles. The second-order valence-corrected chi connectivity index (χ2v) is 7.11. The first-order chi connectivity index (χ1) is 9.36. The molecule has 3 N–H and O–H groups in total. The molecular formula is C13H18N2O4S. The van der Waals surface area contributed by atoms with E-state index >= 15 is 0 Å². The molecule has 110 valence electrons. The van der Waals surface area contributed by atoms with Gasteiger partial charge in [0.05, 0.1) is 17.7 Å². The third kappa shape index (κ3) is 2.87. The molecule has 1 aromatic carbocycles. The van der Waals surface area contributed by atoms with Gasteiger partial charge in [0.1, 0.15) is 11.0 Å². The van der Waals surface area contributed by atoms with Crippen LogP contribution in [0.1, 0.15) is 19.8 Å². The summed E-state index contributed by atoms with van der Waals surface area (Å²) in [5.41, 5.74) is 5.82. The molecule has 7 heteroatoms. The number of hydrogen-bond donors (Lipinski definition) is 2. The molecule has 1 aliphatic rings. The van der Waals surface area contributed by atoms with Gasteiger partial charge in [-0.05, 0) is 31.9 Å². The Morgan fingerprint density at radius 1 is 1.45 bits per heavy atom. The number of nitrogen functional groups attached to an aromatic ring is 1. The topological polar surface area (TPSA) is 98.5 Å². The van der Waals surface area contributed by atoms with Crippen molar-refractivity contribution < 1.29 is 17.9 Å². The van der Waals surface area contributed by atoms with Crippen LogP contribution in [0.5, 0.6) is 5.75 Å². The molecule has 0 aromatic heterocycles. The van der Waals surface area contributed by atoms with Crippen LogP contribution in [-0.4, -0.2) is 32.7 Å². The third-order valence-corrected chi connectivity index (χ3v) is 5.40. The first-order valence-corrected chi connectivity index (χ1v) is 7.88. The highest BCUT2D eigenvalue weighted by Gasteiger charge is 2.34. The van der Waals surface area contributed by atoms with Gasteiger partial charge in [-0.3, -0.25) is 4.79 Å². The summed E-state index contributed by atoms with van der Waals surface area (Å²) in [7, 11) is -2.40. The molecule has 1 aliphatic carbocycles. The highest BCUT2D eigenvalue weighted by Crippen LogP contribution is 2.28. The van der Waals surface area contributed by atoms with Gasteiger partial charge in [-0.15, -0.1) is 0 Å². The fourth-order valence-electron chi connectivity index (χ4n) is 1.77. The summed E-state index contributed by atoms with van der Waals surface area (Å²) in [4.78, 5) is 11.8. The maximum absolute atomic E-state index is 12.5. The van der Waals surface area contributed by atoms with Crippen molar-refractivity contribution in [3.63, 3.8) is 0 Å². The molecule has 1 unspecified atom stereocenters. The summed E-state index contributed by atoms with van der Waals surface area (Å²) in [5.74, 6) is -0.109. The predicted molar refractivity (Wildman–Crippen MR) is 75.2 cm³/mol. The minimum Gasteiger partial charge on any atom is -0.497 e. The molecule has 1 atom stereocenters. The average Bonchev–Trinajstić information content (AvgIpc) is 3.22. The van der Waals surface area contributed by atoms with Crippen LogP contribution in [-0.2, 0) is 14.6 Å². The number of sulfone groups is 1. The van der Waals surface area contributed by atoms with Gasteiger partial charge in [-0.2, -0.15) is 0 Å². The molecule has 0 spiro atoms. The second-order valence-electron chi connectivity index (χ2n) is 4.87. The molecule has 0 saturated heterocycles. The number of benzene rings is 1. The van der Waals surface area contributed by atoms with Gasteiger partial charge in [0.25, 0.3) is 0 Å². The van der Waals surface area contributed by atoms with Gasteiger partial charge in [0.15, 0.2) is 9.84 Å². The van der Waals surface area contributed by atoms with Gasteiger partial charge >= 0.3 is 0 Å². The molecule has 20 heavy (non-hydrogen) atoms. The number of carbonyl (C=O) groups is 1. The van der Waals surface area contributed by atoms with E-state index in [9.17, 15) is 13.2 Å². The predicted octanol–water partition coefficient (Wildman–Crippen LogP) is 0.718. The minimum absolute atomic E-state index is 0.0738. The van der Waals surface area contributed by atoms with Crippen LogP contribution >= 0.6 is 0 Å². The van der Waals surface area contributed by atoms with Crippen LogP contribution in [0.2, 0.25) is 0 Å². The lowest BCUT2D eigenvalue weighted by atomic mass is 10.3. The van der Waals surface area contributed by atoms with E-state index in [2.05, 4.69) is 5.32 Å². The number of carbonyl (C=O) groups excluding carboxylic acids is 1. The van der Waals surface area contributed by atoms with E-state index in [4.69, 9.17) is 10.5 Å². The smallest absolute Gasteiger partial charge is 0.238 e. The monoisotopic (exact) mass is 298 g/mol. The molecule has 1 fully saturated rings. The molecule has 2 rings (SSSR count). The first kappa shape index (κ1) is 14.6. The van der Waals surface area contributed by atoms with Crippen LogP contribution in [0, 0.1) is 0 Å². The van der Waals surface area contributed by atoms with Crippen LogP contribution in [0.15, 0.2) is 23.1 Å². The number of hydrogen-bond acceptors (Lipinski definition) is 5. The van der Waals surface area contributed by atoms with E-state index in [1.54, 1.807) is 6.07 Å². The zero-order chi connectivity index (χ0) is 14.9. The normalized spacial score (nSPS) is 16.5. The van der Waals surface area contributed by atoms with E-state index in [0.717, 1.165) is 12.8 Å². The van der Waals surface area contributed by atoms with Crippen LogP contribution < -0.4 is 15.8 Å². The Balaban J connectivity index is 2.30. The zero-order valence-electron chi connectivity index (χ0n) is 11.4. The summed E-state index contributed by atoms with van der Waals surface area (Å²) in [6.07, 6.45) is 1.81. The fourth-order valence-corrected chi connectivity index (χ4v) is 3.17. The Morgan fingerprint density at radius 3 is 2.65 bits per heavy atom. The number of amides is 1. The summed E-state index contributed by atoms with van der Waals surface area (Å²) in [6.45, 7) is 1.37. The molecule has 6 nitrogen and oxygen atoms in total. The lowest BCUT2D eigenvalue weighted by Gasteiger charge is -2.15. The van der Waals surface area contributed by atoms with Gasteiger partial charge in [0, 0.05) is 12.1 Å². The van der Waals surface area contributed by atoms with Gasteiger partial charge in [-0.25, -0.2) is 8.42 Å². The summed E-state index contributed by atoms with van der Waals surface area (Å²) in [6, 6.07) is 4.48. The molecule has 0 aliphatic heterocycles. The van der Waals surface area contributed by atoms with E-state index in [0.29, 0.717) is 5.75 Å². The number of nitrogens with two attached hydrogens (primary N) is 1. The average molecular weight is 298 g/mol. The Morgan fingerprint density at radius 2 is 2.10 bits per heavy atom. The third-order valence-electron chi connectivity index (χ3n) is 3.29. The van der Waals surface area contributed by atoms with Crippen molar-refractivity contribution in [1.29, 1.82) is 0 Å². The lowest BCUT2D eigenvalue weighted by molar-refractivity contribution is -0.120. The zero-order valence-corrected chi connectivity index (χ0v) is 12.2. The van der Waals surface area contributed by atoms with Crippen molar-refractivity contribution in [3.8, 4) is 5.75 Å². The molecule has 1 amide bonds. The molecular weight excluding hydrogens is 280 g/mol. The number of nitrogens with one attached hydrogen (secondary N) is 1. The van der Waals surface area contributed by atoms with E-state index in [-0.39, 0.29) is 16.6 Å². The maximum Gasteiger partial charge on any atom is 0.238 e. The number of methoxy groups -OCH3 is 1. The minimum atomic E-state index is -3.84. The van der Waals surface area contributed by atoms with Crippen molar-refractivity contribution in [2.24, 2.45) is 0 Å². The van der Waals surface area contributed by atoms with E-state index < -0.39 is 21.0 Å². The van der Waals surface area contributed by atoms with Crippen molar-refractivity contribution in [1.82, 2.24) is 5.32 Å². The van der Waals surface area contributed by atoms with Gasteiger partial charge in [-0.1, -0.05) is 0 Å². The number of anilines is 1. The van der Waals surface area contributed by atoms with Crippen molar-refractivity contribution in [3.05, 3.63) is 18.2 Å². The van der Waals surface area contributed by atoms with E-state index in [1.165, 1.54) is 26.2 Å². The highest BCUT2D eigenvalue weighted by molar-refractivity contribution is 7.93. The molecule has 0 radical (unpaired) electrons. The molecule has 1 saturated carbocycles. The van der Waals surface area contributed by atoms with Crippen molar-refractivity contribution >= 4 is 21.4 Å². The molecule has 0 bridgehead atoms. The summed E-state index contributed by atoms with van der Waals surface area (Å²) < 4.78 is 29.9.